The van der Waals surface area contributed by atoms with E-state index in [-0.39, 0.29) is 30.1 Å². The third-order valence-electron chi connectivity index (χ3n) is 7.17. The van der Waals surface area contributed by atoms with Crippen LogP contribution < -0.4 is 16.4 Å². The molecule has 10 nitrogen and oxygen atoms in total. The van der Waals surface area contributed by atoms with Gasteiger partial charge in [0.1, 0.15) is 17.3 Å². The maximum atomic E-state index is 14.0. The van der Waals surface area contributed by atoms with Gasteiger partial charge in [0.25, 0.3) is 0 Å². The van der Waals surface area contributed by atoms with Crippen LogP contribution in [0.4, 0.5) is 0 Å². The molecule has 0 saturated heterocycles. The van der Waals surface area contributed by atoms with Crippen LogP contribution in [0.25, 0.3) is 0 Å². The number of Topliss-reactive ketones (excluding diaryl/α,β-unsaturated/α-hetero) is 1. The molecule has 0 aromatic heterocycles. The summed E-state index contributed by atoms with van der Waals surface area (Å²) in [6.45, 7) is 4.78. The Morgan fingerprint density at radius 1 is 1.02 bits per heavy atom. The smallest absolute Gasteiger partial charge is 0.327 e. The first kappa shape index (κ1) is 34.1. The molecule has 12 heteroatoms. The van der Waals surface area contributed by atoms with Gasteiger partial charge < -0.3 is 31.5 Å². The number of hydrogen-bond donors (Lipinski definition) is 7. The van der Waals surface area contributed by atoms with E-state index in [1.54, 1.807) is 64.2 Å². The van der Waals surface area contributed by atoms with E-state index < -0.39 is 46.2 Å². The van der Waals surface area contributed by atoms with E-state index in [9.17, 15) is 29.4 Å². The second kappa shape index (κ2) is 14.2. The fraction of sp³-hybridized carbons (Fsp3) is 0.448. The van der Waals surface area contributed by atoms with Crippen LogP contribution in [0, 0.1) is 0 Å². The number of nitrogens with one attached hydrogen (secondary N) is 2. The Morgan fingerprint density at radius 2 is 1.61 bits per heavy atom. The topological polar surface area (TPSA) is 162 Å². The number of carboxylic acids is 1. The van der Waals surface area contributed by atoms with Crippen molar-refractivity contribution in [3.05, 3.63) is 65.2 Å². The lowest BCUT2D eigenvalue weighted by Crippen LogP contribution is -2.59. The second-order valence-corrected chi connectivity index (χ2v) is 12.2. The number of benzene rings is 2. The molecule has 224 valence electrons. The average molecular weight is 605 g/mol. The van der Waals surface area contributed by atoms with Gasteiger partial charge in [0.05, 0.1) is 12.1 Å². The highest BCUT2D eigenvalue weighted by molar-refractivity contribution is 7.81. The Balaban J connectivity index is 2.30. The molecule has 41 heavy (non-hydrogen) atoms. The lowest BCUT2D eigenvalue weighted by atomic mass is 9.86. The molecule has 0 aliphatic rings. The minimum Gasteiger partial charge on any atom is -0.508 e. The SMILES string of the molecule is CN[C@@H](Cc1ccccc1C(=O)[C@@](C)(CS)N(C)C(=O)[C@@H](N)Cc1ccc(O)cc1)C(=O)N[C@@H](C(=O)O)C(C)(C)S. The molecule has 2 amide bonds. The molecule has 4 atom stereocenters. The van der Waals surface area contributed by atoms with Crippen molar-refractivity contribution >= 4 is 48.8 Å². The van der Waals surface area contributed by atoms with Gasteiger partial charge in [0.2, 0.25) is 11.8 Å². The van der Waals surface area contributed by atoms with Crippen LogP contribution in [0.2, 0.25) is 0 Å². The maximum absolute atomic E-state index is 14.0. The minimum atomic E-state index is -1.37. The number of thiol groups is 2. The van der Waals surface area contributed by atoms with Crippen molar-refractivity contribution in [2.24, 2.45) is 5.73 Å². The van der Waals surface area contributed by atoms with E-state index in [0.717, 1.165) is 5.56 Å². The summed E-state index contributed by atoms with van der Waals surface area (Å²) in [6.07, 6.45) is 0.278. The Kier molecular flexibility index (Phi) is 11.8. The number of carbonyl (C=O) groups excluding carboxylic acids is 3. The molecule has 0 radical (unpaired) electrons. The third kappa shape index (κ3) is 8.48. The lowest BCUT2D eigenvalue weighted by molar-refractivity contribution is -0.142. The molecule has 0 bridgehead atoms. The standard InChI is InChI=1S/C29H40N4O6S2/c1-28(2,41)23(27(38)39)32-25(36)22(31-4)15-18-8-6-7-9-20(18)24(35)29(3,16-40)33(5)26(37)21(30)14-17-10-12-19(34)13-11-17/h6-13,21-23,31,34,40-41H,14-16,30H2,1-5H3,(H,32,36)(H,38,39)/t21-,22-,23-,29+/m0/s1. The first-order valence-electron chi connectivity index (χ1n) is 13.0. The number of aliphatic carboxylic acids is 1. The van der Waals surface area contributed by atoms with Gasteiger partial charge in [-0.3, -0.25) is 14.4 Å². The van der Waals surface area contributed by atoms with Gasteiger partial charge in [-0.05, 0) is 63.9 Å². The molecular formula is C29H40N4O6S2. The number of nitrogens with two attached hydrogens (primary N) is 1. The molecule has 0 aliphatic heterocycles. The molecule has 0 aliphatic carbocycles. The highest BCUT2D eigenvalue weighted by Crippen LogP contribution is 2.26. The number of carbonyl (C=O) groups is 4. The zero-order valence-corrected chi connectivity index (χ0v) is 25.7. The van der Waals surface area contributed by atoms with Crippen molar-refractivity contribution in [1.82, 2.24) is 15.5 Å². The molecular weight excluding hydrogens is 564 g/mol. The van der Waals surface area contributed by atoms with Crippen LogP contribution >= 0.6 is 25.3 Å². The van der Waals surface area contributed by atoms with E-state index in [0.29, 0.717) is 11.1 Å². The Labute approximate surface area is 251 Å². The number of rotatable bonds is 14. The van der Waals surface area contributed by atoms with Gasteiger partial charge in [-0.15, -0.1) is 0 Å². The number of nitrogens with zero attached hydrogens (tertiary/aromatic N) is 1. The number of carboxylic acid groups (broad SMARTS) is 1. The van der Waals surface area contributed by atoms with Crippen LogP contribution in [-0.4, -0.2) is 86.9 Å². The lowest BCUT2D eigenvalue weighted by Gasteiger charge is -2.38. The molecule has 6 N–H and O–H groups in total. The predicted octanol–water partition coefficient (Wildman–Crippen LogP) is 1.70. The highest BCUT2D eigenvalue weighted by atomic mass is 32.1. The highest BCUT2D eigenvalue weighted by Gasteiger charge is 2.42. The Morgan fingerprint density at radius 3 is 2.12 bits per heavy atom. The van der Waals surface area contributed by atoms with Gasteiger partial charge in [0.15, 0.2) is 5.78 Å². The summed E-state index contributed by atoms with van der Waals surface area (Å²) in [5, 5.41) is 24.5. The summed E-state index contributed by atoms with van der Waals surface area (Å²) < 4.78 is -1.03. The van der Waals surface area contributed by atoms with Crippen molar-refractivity contribution in [3.63, 3.8) is 0 Å². The van der Waals surface area contributed by atoms with Crippen molar-refractivity contribution in [3.8, 4) is 5.75 Å². The first-order chi connectivity index (χ1) is 19.1. The van der Waals surface area contributed by atoms with E-state index in [1.165, 1.54) is 24.1 Å². The number of amides is 2. The Hall–Kier alpha value is -3.06. The van der Waals surface area contributed by atoms with E-state index >= 15 is 0 Å². The summed E-state index contributed by atoms with van der Waals surface area (Å²) >= 11 is 8.73. The van der Waals surface area contributed by atoms with Gasteiger partial charge in [0, 0.05) is 23.1 Å². The van der Waals surface area contributed by atoms with Crippen LogP contribution in [0.1, 0.15) is 42.3 Å². The summed E-state index contributed by atoms with van der Waals surface area (Å²) in [5.41, 5.74) is 6.44. The zero-order valence-electron chi connectivity index (χ0n) is 23.9. The van der Waals surface area contributed by atoms with Crippen molar-refractivity contribution in [2.45, 2.75) is 62.0 Å². The number of aromatic hydroxyl groups is 1. The van der Waals surface area contributed by atoms with Gasteiger partial charge >= 0.3 is 5.97 Å². The molecule has 0 saturated carbocycles. The predicted molar refractivity (Wildman–Crippen MR) is 165 cm³/mol. The van der Waals surface area contributed by atoms with Gasteiger partial charge in [-0.25, -0.2) is 4.79 Å². The van der Waals surface area contributed by atoms with Crippen LogP contribution in [0.5, 0.6) is 5.75 Å². The quantitative estimate of drug-likeness (QED) is 0.127. The fourth-order valence-corrected chi connectivity index (χ4v) is 4.87. The number of ketones is 1. The zero-order chi connectivity index (χ0) is 31.1. The van der Waals surface area contributed by atoms with E-state index in [4.69, 9.17) is 5.73 Å². The minimum absolute atomic E-state index is 0.00159. The summed E-state index contributed by atoms with van der Waals surface area (Å²) in [6, 6.07) is 10.1. The molecule has 2 aromatic carbocycles. The average Bonchev–Trinajstić information content (AvgIpc) is 2.93. The monoisotopic (exact) mass is 604 g/mol. The molecule has 0 spiro atoms. The summed E-state index contributed by atoms with van der Waals surface area (Å²) in [7, 11) is 3.07. The Bertz CT molecular complexity index is 1250. The third-order valence-corrected chi connectivity index (χ3v) is 8.04. The van der Waals surface area contributed by atoms with E-state index in [1.807, 2.05) is 0 Å². The fourth-order valence-electron chi connectivity index (χ4n) is 4.33. The number of phenols is 1. The van der Waals surface area contributed by atoms with Gasteiger partial charge in [-0.1, -0.05) is 36.4 Å². The first-order valence-corrected chi connectivity index (χ1v) is 14.1. The van der Waals surface area contributed by atoms with Crippen molar-refractivity contribution in [2.75, 3.05) is 19.8 Å². The normalized spacial score (nSPS) is 15.2. The van der Waals surface area contributed by atoms with Crippen LogP contribution in [-0.2, 0) is 27.2 Å². The van der Waals surface area contributed by atoms with Crippen molar-refractivity contribution < 1.29 is 29.4 Å². The molecule has 2 aromatic rings. The molecule has 0 unspecified atom stereocenters. The van der Waals surface area contributed by atoms with Crippen LogP contribution in [0.3, 0.4) is 0 Å². The van der Waals surface area contributed by atoms with Gasteiger partial charge in [-0.2, -0.15) is 25.3 Å². The number of hydrogen-bond acceptors (Lipinski definition) is 9. The molecule has 0 heterocycles. The largest absolute Gasteiger partial charge is 0.508 e. The van der Waals surface area contributed by atoms with Crippen molar-refractivity contribution in [1.29, 1.82) is 0 Å². The molecule has 2 rings (SSSR count). The maximum Gasteiger partial charge on any atom is 0.327 e. The van der Waals surface area contributed by atoms with E-state index in [2.05, 4.69) is 35.9 Å². The number of likely N-dealkylation sites (N-methyl/N-ethyl adjacent to an activating group) is 2. The molecule has 0 fully saturated rings. The summed E-state index contributed by atoms with van der Waals surface area (Å²) in [4.78, 5) is 53.4. The number of phenolic OH excluding ortho intramolecular Hbond substituents is 1. The van der Waals surface area contributed by atoms with Crippen LogP contribution in [0.15, 0.2) is 48.5 Å². The summed E-state index contributed by atoms with van der Waals surface area (Å²) in [5.74, 6) is -2.52. The second-order valence-electron chi connectivity index (χ2n) is 10.8.